The Morgan fingerprint density at radius 3 is 2.30 bits per heavy atom. The maximum absolute atomic E-state index is 14.2. The van der Waals surface area contributed by atoms with Crippen LogP contribution in [-0.4, -0.2) is 47.6 Å². The van der Waals surface area contributed by atoms with E-state index in [1.807, 2.05) is 0 Å². The SMILES string of the molecule is O=C(NCC1CCCCC1)[C@@H]1C2CCCCC2C(=O)N(CC2=C(Cl)CCCC2)[C@H]1C1CCC(CO)CC1. The number of piperidine rings is 1. The monoisotopic (exact) mass is 532 g/mol. The topological polar surface area (TPSA) is 69.6 Å². The smallest absolute Gasteiger partial charge is 0.226 e. The lowest BCUT2D eigenvalue weighted by atomic mass is 9.61. The number of halogens is 1. The second-order valence-corrected chi connectivity index (χ2v) is 13.4. The number of carbonyl (C=O) groups is 2. The highest BCUT2D eigenvalue weighted by molar-refractivity contribution is 6.30. The molecule has 208 valence electrons. The second kappa shape index (κ2) is 12.9. The summed E-state index contributed by atoms with van der Waals surface area (Å²) in [7, 11) is 0. The lowest BCUT2D eigenvalue weighted by Gasteiger charge is -2.53. The minimum absolute atomic E-state index is 0.0211. The Balaban J connectivity index is 1.44. The predicted octanol–water partition coefficient (Wildman–Crippen LogP) is 6.18. The van der Waals surface area contributed by atoms with E-state index in [0.717, 1.165) is 88.6 Å². The minimum atomic E-state index is -0.120. The van der Waals surface area contributed by atoms with E-state index in [1.165, 1.54) is 37.7 Å². The van der Waals surface area contributed by atoms with Gasteiger partial charge in [-0.2, -0.15) is 0 Å². The lowest BCUT2D eigenvalue weighted by molar-refractivity contribution is -0.160. The molecule has 5 nitrogen and oxygen atoms in total. The highest BCUT2D eigenvalue weighted by Gasteiger charge is 2.54. The van der Waals surface area contributed by atoms with Gasteiger partial charge in [0.25, 0.3) is 0 Å². The fourth-order valence-corrected chi connectivity index (χ4v) is 8.84. The normalized spacial score (nSPS) is 35.8. The van der Waals surface area contributed by atoms with Gasteiger partial charge in [-0.25, -0.2) is 0 Å². The molecular formula is C31H49ClN2O3. The van der Waals surface area contributed by atoms with E-state index < -0.39 is 0 Å². The van der Waals surface area contributed by atoms with Crippen molar-refractivity contribution in [1.29, 1.82) is 0 Å². The van der Waals surface area contributed by atoms with Gasteiger partial charge in [0, 0.05) is 36.7 Å². The molecule has 0 radical (unpaired) electrons. The molecule has 37 heavy (non-hydrogen) atoms. The van der Waals surface area contributed by atoms with Gasteiger partial charge in [0.1, 0.15) is 0 Å². The number of rotatable bonds is 7. The Morgan fingerprint density at radius 2 is 1.57 bits per heavy atom. The zero-order valence-corrected chi connectivity index (χ0v) is 23.5. The highest BCUT2D eigenvalue weighted by atomic mass is 35.5. The van der Waals surface area contributed by atoms with Crippen LogP contribution in [0.25, 0.3) is 0 Å². The molecule has 4 atom stereocenters. The van der Waals surface area contributed by atoms with Crippen LogP contribution in [0.15, 0.2) is 10.6 Å². The third-order valence-corrected chi connectivity index (χ3v) is 11.2. The molecule has 0 bridgehead atoms. The largest absolute Gasteiger partial charge is 0.396 e. The number of hydrogen-bond acceptors (Lipinski definition) is 3. The fraction of sp³-hybridized carbons (Fsp3) is 0.871. The summed E-state index contributed by atoms with van der Waals surface area (Å²) in [6.45, 7) is 1.65. The van der Waals surface area contributed by atoms with Gasteiger partial charge in [-0.05, 0) is 106 Å². The van der Waals surface area contributed by atoms with Crippen molar-refractivity contribution in [1.82, 2.24) is 10.2 Å². The molecule has 6 heteroatoms. The van der Waals surface area contributed by atoms with Crippen LogP contribution in [-0.2, 0) is 9.59 Å². The highest BCUT2D eigenvalue weighted by Crippen LogP contribution is 2.48. The predicted molar refractivity (Wildman–Crippen MR) is 148 cm³/mol. The van der Waals surface area contributed by atoms with Crippen molar-refractivity contribution < 1.29 is 14.7 Å². The maximum atomic E-state index is 14.2. The Morgan fingerprint density at radius 1 is 0.865 bits per heavy atom. The van der Waals surface area contributed by atoms with Crippen LogP contribution in [0.4, 0.5) is 0 Å². The van der Waals surface area contributed by atoms with Crippen molar-refractivity contribution in [2.24, 2.45) is 35.5 Å². The van der Waals surface area contributed by atoms with Crippen LogP contribution in [0.2, 0.25) is 0 Å². The number of carbonyl (C=O) groups excluding carboxylic acids is 2. The third-order valence-electron chi connectivity index (χ3n) is 10.7. The summed E-state index contributed by atoms with van der Waals surface area (Å²) >= 11 is 6.73. The van der Waals surface area contributed by atoms with Gasteiger partial charge in [-0.3, -0.25) is 9.59 Å². The number of aliphatic hydroxyl groups excluding tert-OH is 1. The van der Waals surface area contributed by atoms with Crippen LogP contribution in [0.5, 0.6) is 0 Å². The van der Waals surface area contributed by atoms with Crippen LogP contribution < -0.4 is 5.32 Å². The first-order valence-electron chi connectivity index (χ1n) is 15.6. The van der Waals surface area contributed by atoms with E-state index in [2.05, 4.69) is 10.2 Å². The Labute approximate surface area is 229 Å². The number of nitrogens with zero attached hydrogens (tertiary/aromatic N) is 1. The van der Waals surface area contributed by atoms with E-state index in [-0.39, 0.29) is 42.2 Å². The summed E-state index contributed by atoms with van der Waals surface area (Å²) in [6, 6.07) is -0.0447. The molecule has 4 fully saturated rings. The first-order chi connectivity index (χ1) is 18.1. The fourth-order valence-electron chi connectivity index (χ4n) is 8.55. The van der Waals surface area contributed by atoms with Crippen LogP contribution >= 0.6 is 11.6 Å². The van der Waals surface area contributed by atoms with Crippen molar-refractivity contribution in [3.05, 3.63) is 10.6 Å². The van der Waals surface area contributed by atoms with Crippen LogP contribution in [0, 0.1) is 35.5 Å². The van der Waals surface area contributed by atoms with E-state index in [0.29, 0.717) is 24.3 Å². The van der Waals surface area contributed by atoms with Crippen molar-refractivity contribution in [3.63, 3.8) is 0 Å². The Kier molecular flexibility index (Phi) is 9.55. The maximum Gasteiger partial charge on any atom is 0.226 e. The van der Waals surface area contributed by atoms with Gasteiger partial charge in [-0.15, -0.1) is 0 Å². The number of amides is 2. The molecule has 1 saturated heterocycles. The van der Waals surface area contributed by atoms with Gasteiger partial charge < -0.3 is 15.3 Å². The quantitative estimate of drug-likeness (QED) is 0.411. The molecule has 0 spiro atoms. The molecule has 3 saturated carbocycles. The molecule has 5 aliphatic rings. The first-order valence-corrected chi connectivity index (χ1v) is 16.0. The summed E-state index contributed by atoms with van der Waals surface area (Å²) in [4.78, 5) is 30.5. The summed E-state index contributed by atoms with van der Waals surface area (Å²) < 4.78 is 0. The number of aliphatic hydroxyl groups is 1. The van der Waals surface area contributed by atoms with Gasteiger partial charge in [0.05, 0.1) is 5.92 Å². The molecule has 1 heterocycles. The number of allylic oxidation sites excluding steroid dienone is 1. The van der Waals surface area contributed by atoms with Crippen molar-refractivity contribution in [2.75, 3.05) is 19.7 Å². The average Bonchev–Trinajstić information content (AvgIpc) is 2.94. The molecule has 0 aromatic carbocycles. The molecule has 0 aromatic heterocycles. The molecule has 2 N–H and O–H groups in total. The molecule has 2 amide bonds. The zero-order valence-electron chi connectivity index (χ0n) is 22.8. The number of fused-ring (bicyclic) bond motifs is 1. The number of nitrogens with one attached hydrogen (secondary N) is 1. The summed E-state index contributed by atoms with van der Waals surface area (Å²) in [5.74, 6) is 1.81. The van der Waals surface area contributed by atoms with Crippen molar-refractivity contribution in [2.45, 2.75) is 115 Å². The minimum Gasteiger partial charge on any atom is -0.396 e. The number of hydrogen-bond donors (Lipinski definition) is 2. The molecule has 4 aliphatic carbocycles. The summed E-state index contributed by atoms with van der Waals surface area (Å²) in [6.07, 6.45) is 18.6. The Hall–Kier alpha value is -1.07. The van der Waals surface area contributed by atoms with Crippen LogP contribution in [0.3, 0.4) is 0 Å². The van der Waals surface area contributed by atoms with E-state index in [4.69, 9.17) is 11.6 Å². The lowest BCUT2D eigenvalue weighted by Crippen LogP contribution is -2.64. The molecule has 2 unspecified atom stereocenters. The van der Waals surface area contributed by atoms with E-state index in [9.17, 15) is 14.7 Å². The molecular weight excluding hydrogens is 484 g/mol. The standard InChI is InChI=1S/C31H49ClN2O3/c32-27-13-7-4-10-24(27)19-34-29(23-16-14-22(20-35)15-17-23)28(25-11-5-6-12-26(25)31(34)37)30(36)33-18-21-8-2-1-3-9-21/h21-23,25-26,28-29,35H,1-20H2,(H,33,36)/t22?,23?,25?,26?,28-,29+/m1/s1. The molecule has 0 aromatic rings. The first kappa shape index (κ1) is 27.5. The Bertz CT molecular complexity index is 830. The summed E-state index contributed by atoms with van der Waals surface area (Å²) in [5.41, 5.74) is 1.23. The van der Waals surface area contributed by atoms with Gasteiger partial charge >= 0.3 is 0 Å². The molecule has 5 rings (SSSR count). The van der Waals surface area contributed by atoms with Crippen LogP contribution in [0.1, 0.15) is 109 Å². The second-order valence-electron chi connectivity index (χ2n) is 13.0. The van der Waals surface area contributed by atoms with Gasteiger partial charge in [0.15, 0.2) is 0 Å². The number of likely N-dealkylation sites (tertiary alicyclic amines) is 1. The average molecular weight is 533 g/mol. The van der Waals surface area contributed by atoms with Gasteiger partial charge in [-0.1, -0.05) is 43.7 Å². The van der Waals surface area contributed by atoms with Crippen molar-refractivity contribution in [3.8, 4) is 0 Å². The van der Waals surface area contributed by atoms with E-state index >= 15 is 0 Å². The van der Waals surface area contributed by atoms with Crippen molar-refractivity contribution >= 4 is 23.4 Å². The third kappa shape index (κ3) is 6.24. The van der Waals surface area contributed by atoms with Gasteiger partial charge in [0.2, 0.25) is 11.8 Å². The van der Waals surface area contributed by atoms with E-state index in [1.54, 1.807) is 0 Å². The molecule has 1 aliphatic heterocycles. The summed E-state index contributed by atoms with van der Waals surface area (Å²) in [5, 5.41) is 14.2. The zero-order chi connectivity index (χ0) is 25.8.